The Hall–Kier alpha value is -3.95. The summed E-state index contributed by atoms with van der Waals surface area (Å²) in [5, 5.41) is 9.54. The van der Waals surface area contributed by atoms with Crippen LogP contribution in [-0.2, 0) is 5.41 Å². The molecule has 214 valence electrons. The highest BCUT2D eigenvalue weighted by molar-refractivity contribution is 5.96. The number of hydrogen-bond donors (Lipinski definition) is 0. The van der Waals surface area contributed by atoms with E-state index < -0.39 is 0 Å². The minimum atomic E-state index is -0.0174. The van der Waals surface area contributed by atoms with Crippen LogP contribution in [-0.4, -0.2) is 57.0 Å². The maximum Gasteiger partial charge on any atom is 0.255 e. The van der Waals surface area contributed by atoms with Crippen LogP contribution < -0.4 is 0 Å². The third-order valence-electron chi connectivity index (χ3n) is 10.5. The van der Waals surface area contributed by atoms with E-state index in [0.717, 1.165) is 50.2 Å². The highest BCUT2D eigenvalue weighted by Gasteiger charge is 2.44. The molecule has 0 saturated carbocycles. The van der Waals surface area contributed by atoms with Crippen LogP contribution in [0.5, 0.6) is 0 Å². The number of nitriles is 1. The van der Waals surface area contributed by atoms with Crippen molar-refractivity contribution in [2.45, 2.75) is 75.4 Å². The monoisotopic (exact) mass is 557 g/mol. The molecule has 3 aromatic carbocycles. The second-order valence-corrected chi connectivity index (χ2v) is 12.6. The topological polar surface area (TPSA) is 65.2 Å². The van der Waals surface area contributed by atoms with Gasteiger partial charge >= 0.3 is 0 Å². The second-order valence-electron chi connectivity index (χ2n) is 12.6. The minimum Gasteiger partial charge on any atom is -0.339 e. The second kappa shape index (κ2) is 11.0. The predicted molar refractivity (Wildman–Crippen MR) is 165 cm³/mol. The van der Waals surface area contributed by atoms with Crippen molar-refractivity contribution < 1.29 is 4.79 Å². The summed E-state index contributed by atoms with van der Waals surface area (Å²) in [6.45, 7) is 4.70. The molecule has 3 aliphatic rings. The lowest BCUT2D eigenvalue weighted by molar-refractivity contribution is 0.0606. The van der Waals surface area contributed by atoms with Crippen molar-refractivity contribution in [3.05, 3.63) is 101 Å². The maximum absolute atomic E-state index is 13.4. The van der Waals surface area contributed by atoms with Gasteiger partial charge in [0.15, 0.2) is 0 Å². The Morgan fingerprint density at radius 2 is 1.57 bits per heavy atom. The summed E-state index contributed by atoms with van der Waals surface area (Å²) < 4.78 is 2.51. The first-order chi connectivity index (χ1) is 20.6. The van der Waals surface area contributed by atoms with Crippen LogP contribution in [0.1, 0.15) is 78.3 Å². The van der Waals surface area contributed by atoms with Gasteiger partial charge in [0.25, 0.3) is 5.91 Å². The number of rotatable bonds is 6. The summed E-state index contributed by atoms with van der Waals surface area (Å²) in [4.78, 5) is 23.1. The summed E-state index contributed by atoms with van der Waals surface area (Å²) in [5.41, 5.74) is 4.82. The van der Waals surface area contributed by atoms with Crippen LogP contribution >= 0.6 is 0 Å². The molecule has 1 aromatic heterocycles. The molecule has 0 unspecified atom stereocenters. The molecule has 0 radical (unpaired) electrons. The fourth-order valence-electron chi connectivity index (χ4n) is 8.34. The normalized spacial score (nSPS) is 23.6. The molecule has 3 fully saturated rings. The maximum atomic E-state index is 13.4. The highest BCUT2D eigenvalue weighted by Crippen LogP contribution is 2.45. The van der Waals surface area contributed by atoms with E-state index in [1.54, 1.807) is 12.1 Å². The lowest BCUT2D eigenvalue weighted by Crippen LogP contribution is -2.49. The summed E-state index contributed by atoms with van der Waals surface area (Å²) in [6, 6.07) is 30.7. The number of carbonyl (C=O) groups excluding carboxylic acids is 1. The number of amides is 1. The van der Waals surface area contributed by atoms with Gasteiger partial charge in [0.2, 0.25) is 0 Å². The zero-order valence-electron chi connectivity index (χ0n) is 24.5. The van der Waals surface area contributed by atoms with Gasteiger partial charge in [-0.15, -0.1) is 0 Å². The van der Waals surface area contributed by atoms with Crippen LogP contribution in [0.4, 0.5) is 0 Å². The van der Waals surface area contributed by atoms with E-state index in [1.165, 1.54) is 36.8 Å². The Labute approximate surface area is 248 Å². The van der Waals surface area contributed by atoms with E-state index in [1.807, 2.05) is 17.0 Å². The first-order valence-corrected chi connectivity index (χ1v) is 15.6. The summed E-state index contributed by atoms with van der Waals surface area (Å²) in [5.74, 6) is 1.12. The van der Waals surface area contributed by atoms with Crippen molar-refractivity contribution in [2.75, 3.05) is 19.6 Å². The molecule has 6 heteroatoms. The van der Waals surface area contributed by atoms with Gasteiger partial charge in [0.1, 0.15) is 5.82 Å². The highest BCUT2D eigenvalue weighted by atomic mass is 16.2. The average Bonchev–Trinajstić information content (AvgIpc) is 3.50. The fourth-order valence-corrected chi connectivity index (χ4v) is 8.34. The molecule has 4 aromatic rings. The van der Waals surface area contributed by atoms with Crippen LogP contribution in [0.15, 0.2) is 78.9 Å². The summed E-state index contributed by atoms with van der Waals surface area (Å²) >= 11 is 0. The van der Waals surface area contributed by atoms with E-state index in [9.17, 15) is 10.1 Å². The molecular weight excluding hydrogens is 518 g/mol. The van der Waals surface area contributed by atoms with Gasteiger partial charge in [-0.1, -0.05) is 54.6 Å². The van der Waals surface area contributed by atoms with Crippen LogP contribution in [0, 0.1) is 18.3 Å². The number of aromatic nitrogens is 2. The number of imidazole rings is 1. The SMILES string of the molecule is Cc1nc2ccccc2n1[C@H]1C[C@H]2CC[C@@H](C1)N2CCC1(c2ccccc2)CCN(C(=O)c2ccccc2C#N)CC1. The number of carbonyl (C=O) groups is 1. The van der Waals surface area contributed by atoms with Gasteiger partial charge in [-0.25, -0.2) is 4.98 Å². The van der Waals surface area contributed by atoms with E-state index in [0.29, 0.717) is 29.3 Å². The predicted octanol–water partition coefficient (Wildman–Crippen LogP) is 6.65. The summed E-state index contributed by atoms with van der Waals surface area (Å²) in [6.07, 6.45) is 7.95. The van der Waals surface area contributed by atoms with Gasteiger partial charge in [0, 0.05) is 31.2 Å². The van der Waals surface area contributed by atoms with Gasteiger partial charge in [-0.3, -0.25) is 9.69 Å². The Bertz CT molecular complexity index is 1610. The molecule has 0 spiro atoms. The first kappa shape index (κ1) is 26.9. The van der Waals surface area contributed by atoms with Crippen LogP contribution in [0.3, 0.4) is 0 Å². The Morgan fingerprint density at radius 3 is 2.31 bits per heavy atom. The third kappa shape index (κ3) is 4.70. The number of benzene rings is 3. The van der Waals surface area contributed by atoms with Gasteiger partial charge in [-0.2, -0.15) is 5.26 Å². The molecule has 1 amide bonds. The number of para-hydroxylation sites is 2. The first-order valence-electron chi connectivity index (χ1n) is 15.6. The number of hydrogen-bond acceptors (Lipinski definition) is 4. The minimum absolute atomic E-state index is 0.0174. The van der Waals surface area contributed by atoms with E-state index in [4.69, 9.17) is 4.98 Å². The molecule has 3 atom stereocenters. The van der Waals surface area contributed by atoms with Crippen LogP contribution in [0.25, 0.3) is 11.0 Å². The fraction of sp³-hybridized carbons (Fsp3) is 0.417. The Kier molecular flexibility index (Phi) is 7.07. The van der Waals surface area contributed by atoms with Crippen molar-refractivity contribution in [2.24, 2.45) is 0 Å². The Balaban J connectivity index is 1.07. The molecular formula is C36H39N5O. The van der Waals surface area contributed by atoms with Crippen molar-refractivity contribution >= 4 is 16.9 Å². The molecule has 7 rings (SSSR count). The standard InChI is InChI=1S/C36H39N5O/c1-26-38-33-13-7-8-14-34(33)41(26)31-23-29-15-16-30(24-31)40(29)22-19-36(28-10-3-2-4-11-28)17-20-39(21-18-36)35(42)32-12-6-5-9-27(32)25-37/h2-14,29-31H,15-24H2,1H3/t29-,30+,31+. The molecule has 2 bridgehead atoms. The van der Waals surface area contributed by atoms with Gasteiger partial charge in [-0.05, 0) is 93.7 Å². The van der Waals surface area contributed by atoms with Gasteiger partial charge < -0.3 is 9.47 Å². The van der Waals surface area contributed by atoms with Crippen LogP contribution in [0.2, 0.25) is 0 Å². The Morgan fingerprint density at radius 1 is 0.905 bits per heavy atom. The molecule has 0 N–H and O–H groups in total. The number of likely N-dealkylation sites (tertiary alicyclic amines) is 1. The van der Waals surface area contributed by atoms with E-state index in [-0.39, 0.29) is 11.3 Å². The molecule has 3 saturated heterocycles. The summed E-state index contributed by atoms with van der Waals surface area (Å²) in [7, 11) is 0. The van der Waals surface area contributed by atoms with Crippen molar-refractivity contribution in [1.29, 1.82) is 5.26 Å². The van der Waals surface area contributed by atoms with E-state index >= 15 is 0 Å². The molecule has 4 heterocycles. The number of fused-ring (bicyclic) bond motifs is 3. The van der Waals surface area contributed by atoms with Crippen molar-refractivity contribution in [3.8, 4) is 6.07 Å². The van der Waals surface area contributed by atoms with Crippen molar-refractivity contribution in [3.63, 3.8) is 0 Å². The number of aryl methyl sites for hydroxylation is 1. The zero-order chi connectivity index (χ0) is 28.7. The van der Waals surface area contributed by atoms with Gasteiger partial charge in [0.05, 0.1) is 28.2 Å². The lowest BCUT2D eigenvalue weighted by atomic mass is 9.70. The molecule has 6 nitrogen and oxygen atoms in total. The van der Waals surface area contributed by atoms with Crippen molar-refractivity contribution in [1.82, 2.24) is 19.4 Å². The number of piperidine rings is 2. The third-order valence-corrected chi connectivity index (χ3v) is 10.5. The van der Waals surface area contributed by atoms with E-state index in [2.05, 4.69) is 77.1 Å². The molecule has 0 aliphatic carbocycles. The zero-order valence-corrected chi connectivity index (χ0v) is 24.5. The number of nitrogens with zero attached hydrogens (tertiary/aromatic N) is 5. The smallest absolute Gasteiger partial charge is 0.255 e. The average molecular weight is 558 g/mol. The molecule has 42 heavy (non-hydrogen) atoms. The largest absolute Gasteiger partial charge is 0.339 e. The molecule has 3 aliphatic heterocycles. The lowest BCUT2D eigenvalue weighted by Gasteiger charge is -2.45. The quantitative estimate of drug-likeness (QED) is 0.266.